The zero-order chi connectivity index (χ0) is 15.0. The van der Waals surface area contributed by atoms with Crippen molar-refractivity contribution < 1.29 is 9.53 Å². The molecule has 0 spiro atoms. The molecule has 0 aliphatic heterocycles. The van der Waals surface area contributed by atoms with Crippen molar-refractivity contribution in [1.29, 1.82) is 0 Å². The van der Waals surface area contributed by atoms with Crippen LogP contribution in [-0.4, -0.2) is 31.3 Å². The lowest BCUT2D eigenvalue weighted by atomic mass is 9.83. The molecule has 2 N–H and O–H groups in total. The minimum Gasteiger partial charge on any atom is -0.444 e. The van der Waals surface area contributed by atoms with Crippen LogP contribution in [0, 0.1) is 11.8 Å². The van der Waals surface area contributed by atoms with Crippen molar-refractivity contribution in [2.45, 2.75) is 65.4 Å². The van der Waals surface area contributed by atoms with E-state index in [1.165, 1.54) is 25.7 Å². The minimum atomic E-state index is -0.416. The Labute approximate surface area is 124 Å². The lowest BCUT2D eigenvalue weighted by molar-refractivity contribution is 0.0527. The molecular formula is C16H32N2O2. The lowest BCUT2D eigenvalue weighted by Crippen LogP contribution is -2.34. The molecule has 1 aliphatic carbocycles. The summed E-state index contributed by atoms with van der Waals surface area (Å²) in [5.41, 5.74) is -0.416. The number of ether oxygens (including phenoxy) is 1. The van der Waals surface area contributed by atoms with Gasteiger partial charge in [-0.15, -0.1) is 0 Å². The van der Waals surface area contributed by atoms with Crippen LogP contribution in [-0.2, 0) is 4.74 Å². The van der Waals surface area contributed by atoms with Crippen LogP contribution >= 0.6 is 0 Å². The van der Waals surface area contributed by atoms with E-state index in [1.807, 2.05) is 20.8 Å². The van der Waals surface area contributed by atoms with Gasteiger partial charge in [0, 0.05) is 6.54 Å². The third-order valence-electron chi connectivity index (χ3n) is 3.77. The number of carbonyl (C=O) groups excluding carboxylic acids is 1. The molecule has 0 unspecified atom stereocenters. The fourth-order valence-corrected chi connectivity index (χ4v) is 2.56. The highest BCUT2D eigenvalue weighted by atomic mass is 16.6. The molecule has 1 saturated carbocycles. The molecule has 4 nitrogen and oxygen atoms in total. The van der Waals surface area contributed by atoms with Crippen LogP contribution in [0.5, 0.6) is 0 Å². The van der Waals surface area contributed by atoms with Gasteiger partial charge in [0.25, 0.3) is 0 Å². The first-order valence-electron chi connectivity index (χ1n) is 8.04. The number of nitrogens with one attached hydrogen (secondary N) is 2. The van der Waals surface area contributed by atoms with Crippen LogP contribution in [0.1, 0.15) is 59.8 Å². The summed E-state index contributed by atoms with van der Waals surface area (Å²) in [5, 5.41) is 6.28. The standard InChI is InChI=1S/C16H32N2O2/c1-13-6-8-14(9-7-13)12-17-10-5-11-18-15(19)20-16(2,3)4/h13-14,17H,5-12H2,1-4H3,(H,18,19). The van der Waals surface area contributed by atoms with E-state index in [2.05, 4.69) is 17.6 Å². The smallest absolute Gasteiger partial charge is 0.407 e. The predicted molar refractivity (Wildman–Crippen MR) is 82.8 cm³/mol. The van der Waals surface area contributed by atoms with Gasteiger partial charge >= 0.3 is 6.09 Å². The van der Waals surface area contributed by atoms with Gasteiger partial charge in [0.1, 0.15) is 5.60 Å². The van der Waals surface area contributed by atoms with Crippen molar-refractivity contribution in [3.8, 4) is 0 Å². The van der Waals surface area contributed by atoms with Crippen LogP contribution in [0.25, 0.3) is 0 Å². The molecule has 0 heterocycles. The molecule has 0 aromatic carbocycles. The van der Waals surface area contributed by atoms with Gasteiger partial charge in [-0.3, -0.25) is 0 Å². The molecule has 1 amide bonds. The first-order chi connectivity index (χ1) is 9.37. The minimum absolute atomic E-state index is 0.321. The van der Waals surface area contributed by atoms with Gasteiger partial charge in [-0.1, -0.05) is 19.8 Å². The van der Waals surface area contributed by atoms with E-state index in [0.29, 0.717) is 6.54 Å². The summed E-state index contributed by atoms with van der Waals surface area (Å²) in [5.74, 6) is 1.77. The van der Waals surface area contributed by atoms with E-state index in [1.54, 1.807) is 0 Å². The van der Waals surface area contributed by atoms with Gasteiger partial charge in [-0.25, -0.2) is 4.79 Å². The molecule has 0 aromatic heterocycles. The van der Waals surface area contributed by atoms with Gasteiger partial charge in [-0.05, 0) is 65.0 Å². The Kier molecular flexibility index (Phi) is 7.35. The molecule has 1 aliphatic rings. The number of alkyl carbamates (subject to hydrolysis) is 1. The summed E-state index contributed by atoms with van der Waals surface area (Å²) in [6, 6.07) is 0. The Morgan fingerprint density at radius 3 is 2.40 bits per heavy atom. The maximum absolute atomic E-state index is 11.4. The van der Waals surface area contributed by atoms with Crippen molar-refractivity contribution >= 4 is 6.09 Å². The molecular weight excluding hydrogens is 252 g/mol. The third-order valence-corrected chi connectivity index (χ3v) is 3.77. The predicted octanol–water partition coefficient (Wildman–Crippen LogP) is 3.32. The summed E-state index contributed by atoms with van der Waals surface area (Å²) in [4.78, 5) is 11.4. The molecule has 0 bridgehead atoms. The average Bonchev–Trinajstić information content (AvgIpc) is 2.33. The van der Waals surface area contributed by atoms with Crippen LogP contribution in [0.3, 0.4) is 0 Å². The molecule has 20 heavy (non-hydrogen) atoms. The third kappa shape index (κ3) is 8.41. The first kappa shape index (κ1) is 17.3. The van der Waals surface area contributed by atoms with Crippen molar-refractivity contribution in [2.75, 3.05) is 19.6 Å². The van der Waals surface area contributed by atoms with E-state index >= 15 is 0 Å². The molecule has 0 aromatic rings. The summed E-state index contributed by atoms with van der Waals surface area (Å²) in [6.07, 6.45) is 6.12. The monoisotopic (exact) mass is 284 g/mol. The van der Waals surface area contributed by atoms with E-state index < -0.39 is 5.60 Å². The Balaban J connectivity index is 1.93. The largest absolute Gasteiger partial charge is 0.444 e. The summed E-state index contributed by atoms with van der Waals surface area (Å²) in [7, 11) is 0. The van der Waals surface area contributed by atoms with E-state index in [9.17, 15) is 4.79 Å². The first-order valence-corrected chi connectivity index (χ1v) is 8.04. The highest BCUT2D eigenvalue weighted by Gasteiger charge is 2.17. The SMILES string of the molecule is CC1CCC(CNCCCNC(=O)OC(C)(C)C)CC1. The quantitative estimate of drug-likeness (QED) is 0.736. The zero-order valence-electron chi connectivity index (χ0n) is 13.6. The van der Waals surface area contributed by atoms with Gasteiger partial charge in [-0.2, -0.15) is 0 Å². The topological polar surface area (TPSA) is 50.4 Å². The second kappa shape index (κ2) is 8.50. The number of hydrogen-bond donors (Lipinski definition) is 2. The summed E-state index contributed by atoms with van der Waals surface area (Å²) in [6.45, 7) is 10.7. The molecule has 1 rings (SSSR count). The van der Waals surface area contributed by atoms with E-state index in [4.69, 9.17) is 4.74 Å². The summed E-state index contributed by atoms with van der Waals surface area (Å²) >= 11 is 0. The number of amides is 1. The lowest BCUT2D eigenvalue weighted by Gasteiger charge is -2.26. The van der Waals surface area contributed by atoms with Crippen LogP contribution in [0.4, 0.5) is 4.79 Å². The highest BCUT2D eigenvalue weighted by molar-refractivity contribution is 5.67. The van der Waals surface area contributed by atoms with Crippen LogP contribution < -0.4 is 10.6 Å². The Hall–Kier alpha value is -0.770. The number of rotatable bonds is 6. The van der Waals surface area contributed by atoms with Gasteiger partial charge < -0.3 is 15.4 Å². The fourth-order valence-electron chi connectivity index (χ4n) is 2.56. The molecule has 0 radical (unpaired) electrons. The van der Waals surface area contributed by atoms with Gasteiger partial charge in [0.05, 0.1) is 0 Å². The van der Waals surface area contributed by atoms with Gasteiger partial charge in [0.2, 0.25) is 0 Å². The fraction of sp³-hybridized carbons (Fsp3) is 0.938. The Morgan fingerprint density at radius 2 is 1.80 bits per heavy atom. The maximum atomic E-state index is 11.4. The molecule has 0 atom stereocenters. The second-order valence-electron chi connectivity index (χ2n) is 7.11. The molecule has 0 saturated heterocycles. The molecule has 1 fully saturated rings. The Morgan fingerprint density at radius 1 is 1.15 bits per heavy atom. The highest BCUT2D eigenvalue weighted by Crippen LogP contribution is 2.27. The van der Waals surface area contributed by atoms with Crippen LogP contribution in [0.15, 0.2) is 0 Å². The average molecular weight is 284 g/mol. The van der Waals surface area contributed by atoms with Gasteiger partial charge in [0.15, 0.2) is 0 Å². The van der Waals surface area contributed by atoms with E-state index in [-0.39, 0.29) is 6.09 Å². The normalized spacial score (nSPS) is 23.4. The maximum Gasteiger partial charge on any atom is 0.407 e. The number of hydrogen-bond acceptors (Lipinski definition) is 3. The zero-order valence-corrected chi connectivity index (χ0v) is 13.6. The van der Waals surface area contributed by atoms with Crippen molar-refractivity contribution in [3.05, 3.63) is 0 Å². The molecule has 4 heteroatoms. The second-order valence-corrected chi connectivity index (χ2v) is 7.11. The molecule has 118 valence electrons. The summed E-state index contributed by atoms with van der Waals surface area (Å²) < 4.78 is 5.18. The Bertz CT molecular complexity index is 279. The van der Waals surface area contributed by atoms with Crippen molar-refractivity contribution in [1.82, 2.24) is 10.6 Å². The van der Waals surface area contributed by atoms with Crippen LogP contribution in [0.2, 0.25) is 0 Å². The number of carbonyl (C=O) groups is 1. The van der Waals surface area contributed by atoms with E-state index in [0.717, 1.165) is 31.3 Å². The van der Waals surface area contributed by atoms with Crippen molar-refractivity contribution in [2.24, 2.45) is 11.8 Å². The van der Waals surface area contributed by atoms with Crippen molar-refractivity contribution in [3.63, 3.8) is 0 Å².